The number of anilines is 1. The minimum atomic E-state index is -0.193. The van der Waals surface area contributed by atoms with Gasteiger partial charge in [-0.2, -0.15) is 0 Å². The van der Waals surface area contributed by atoms with Crippen molar-refractivity contribution in [2.75, 3.05) is 52.4 Å². The first kappa shape index (κ1) is 21.5. The monoisotopic (exact) mass is 437 g/mol. The molecule has 0 saturated carbocycles. The number of benzene rings is 2. The normalized spacial score (nSPS) is 13.9. The molecule has 0 spiro atoms. The second-order valence-electron chi connectivity index (χ2n) is 7.69. The minimum Gasteiger partial charge on any atom is -0.497 e. The number of hydrogen-bond acceptors (Lipinski definition) is 6. The highest BCUT2D eigenvalue weighted by atomic mass is 16.5. The molecule has 1 saturated heterocycles. The van der Waals surface area contributed by atoms with E-state index in [2.05, 4.69) is 4.90 Å². The third-order valence-electron chi connectivity index (χ3n) is 5.92. The topological polar surface area (TPSA) is 73.2 Å². The molecule has 0 aliphatic carbocycles. The molecule has 32 heavy (non-hydrogen) atoms. The average molecular weight is 437 g/mol. The van der Waals surface area contributed by atoms with Crippen molar-refractivity contribution in [3.63, 3.8) is 0 Å². The molecule has 0 bridgehead atoms. The van der Waals surface area contributed by atoms with Crippen LogP contribution in [-0.2, 0) is 7.05 Å². The number of fused-ring (bicyclic) bond motifs is 1. The van der Waals surface area contributed by atoms with Crippen LogP contribution >= 0.6 is 0 Å². The van der Waals surface area contributed by atoms with Gasteiger partial charge in [-0.25, -0.2) is 0 Å². The van der Waals surface area contributed by atoms with Crippen molar-refractivity contribution in [2.24, 2.45) is 7.05 Å². The van der Waals surface area contributed by atoms with E-state index >= 15 is 0 Å². The first-order chi connectivity index (χ1) is 15.5. The van der Waals surface area contributed by atoms with Crippen LogP contribution in [0.4, 0.5) is 5.69 Å². The molecule has 1 aliphatic heterocycles. The van der Waals surface area contributed by atoms with Gasteiger partial charge >= 0.3 is 0 Å². The summed E-state index contributed by atoms with van der Waals surface area (Å²) < 4.78 is 17.4. The standard InChI is InChI=1S/C24H27N3O5/c1-25-15-20(18-13-21(31-3)22(32-4)14-19(18)23(25)28)24(29)27-11-9-26(10-12-27)16-5-7-17(30-2)8-6-16/h5-8,13-15H,9-12H2,1-4H3. The molecule has 1 fully saturated rings. The van der Waals surface area contributed by atoms with E-state index in [1.807, 2.05) is 29.2 Å². The van der Waals surface area contributed by atoms with Crippen LogP contribution in [0.5, 0.6) is 17.2 Å². The number of aromatic nitrogens is 1. The lowest BCUT2D eigenvalue weighted by atomic mass is 10.0. The van der Waals surface area contributed by atoms with E-state index in [1.165, 1.54) is 18.8 Å². The number of piperazine rings is 1. The lowest BCUT2D eigenvalue weighted by molar-refractivity contribution is 0.0748. The smallest absolute Gasteiger partial charge is 0.258 e. The number of amides is 1. The Morgan fingerprint density at radius 1 is 0.844 bits per heavy atom. The highest BCUT2D eigenvalue weighted by Gasteiger charge is 2.25. The van der Waals surface area contributed by atoms with Crippen LogP contribution in [0, 0.1) is 0 Å². The number of nitrogens with zero attached hydrogens (tertiary/aromatic N) is 3. The highest BCUT2D eigenvalue weighted by molar-refractivity contribution is 6.07. The van der Waals surface area contributed by atoms with Crippen molar-refractivity contribution in [2.45, 2.75) is 0 Å². The molecule has 1 aliphatic rings. The highest BCUT2D eigenvalue weighted by Crippen LogP contribution is 2.33. The van der Waals surface area contributed by atoms with Gasteiger partial charge in [0, 0.05) is 50.5 Å². The van der Waals surface area contributed by atoms with Gasteiger partial charge in [0.25, 0.3) is 11.5 Å². The summed E-state index contributed by atoms with van der Waals surface area (Å²) in [6, 6.07) is 11.3. The fraction of sp³-hybridized carbons (Fsp3) is 0.333. The van der Waals surface area contributed by atoms with Gasteiger partial charge in [0.15, 0.2) is 11.5 Å². The zero-order chi connectivity index (χ0) is 22.8. The van der Waals surface area contributed by atoms with Crippen LogP contribution in [-0.4, -0.2) is 62.9 Å². The number of pyridine rings is 1. The Kier molecular flexibility index (Phi) is 5.94. The van der Waals surface area contributed by atoms with Gasteiger partial charge in [0.2, 0.25) is 0 Å². The number of hydrogen-bond donors (Lipinski definition) is 0. The third-order valence-corrected chi connectivity index (χ3v) is 5.92. The number of ether oxygens (including phenoxy) is 3. The molecule has 3 aromatic rings. The number of methoxy groups -OCH3 is 3. The molecule has 1 aromatic heterocycles. The Labute approximate surface area is 186 Å². The molecule has 168 valence electrons. The average Bonchev–Trinajstić information content (AvgIpc) is 2.85. The summed E-state index contributed by atoms with van der Waals surface area (Å²) in [6.07, 6.45) is 1.61. The second kappa shape index (κ2) is 8.82. The van der Waals surface area contributed by atoms with Crippen LogP contribution in [0.15, 0.2) is 47.4 Å². The Balaban J connectivity index is 1.61. The number of carbonyl (C=O) groups is 1. The van der Waals surface area contributed by atoms with Crippen molar-refractivity contribution in [1.29, 1.82) is 0 Å². The van der Waals surface area contributed by atoms with E-state index in [9.17, 15) is 9.59 Å². The summed E-state index contributed by atoms with van der Waals surface area (Å²) in [6.45, 7) is 2.61. The van der Waals surface area contributed by atoms with E-state index in [4.69, 9.17) is 14.2 Å². The van der Waals surface area contributed by atoms with E-state index in [0.29, 0.717) is 40.9 Å². The van der Waals surface area contributed by atoms with Crippen molar-refractivity contribution < 1.29 is 19.0 Å². The van der Waals surface area contributed by atoms with Crippen LogP contribution in [0.2, 0.25) is 0 Å². The molecule has 0 atom stereocenters. The lowest BCUT2D eigenvalue weighted by Crippen LogP contribution is -2.49. The van der Waals surface area contributed by atoms with E-state index in [-0.39, 0.29) is 11.5 Å². The van der Waals surface area contributed by atoms with Crippen molar-refractivity contribution >= 4 is 22.4 Å². The molecule has 4 rings (SSSR count). The fourth-order valence-corrected chi connectivity index (χ4v) is 4.09. The molecular formula is C24H27N3O5. The van der Waals surface area contributed by atoms with Crippen LogP contribution in [0.25, 0.3) is 10.8 Å². The first-order valence-electron chi connectivity index (χ1n) is 10.4. The zero-order valence-electron chi connectivity index (χ0n) is 18.8. The first-order valence-corrected chi connectivity index (χ1v) is 10.4. The maximum absolute atomic E-state index is 13.5. The summed E-state index contributed by atoms with van der Waals surface area (Å²) in [5, 5.41) is 0.987. The van der Waals surface area contributed by atoms with E-state index in [0.717, 1.165) is 24.5 Å². The molecule has 1 amide bonds. The zero-order valence-corrected chi connectivity index (χ0v) is 18.8. The van der Waals surface area contributed by atoms with Crippen molar-refractivity contribution in [3.8, 4) is 17.2 Å². The number of rotatable bonds is 5. The van der Waals surface area contributed by atoms with Gasteiger partial charge in [0.1, 0.15) is 5.75 Å². The largest absolute Gasteiger partial charge is 0.497 e. The maximum atomic E-state index is 13.5. The SMILES string of the molecule is COc1ccc(N2CCN(C(=O)c3cn(C)c(=O)c4cc(OC)c(OC)cc34)CC2)cc1. The summed E-state index contributed by atoms with van der Waals surface area (Å²) in [5.74, 6) is 1.64. The molecule has 8 nitrogen and oxygen atoms in total. The van der Waals surface area contributed by atoms with Gasteiger partial charge in [-0.3, -0.25) is 9.59 Å². The number of carbonyl (C=O) groups excluding carboxylic acids is 1. The van der Waals surface area contributed by atoms with Crippen LogP contribution in [0.1, 0.15) is 10.4 Å². The van der Waals surface area contributed by atoms with Gasteiger partial charge in [-0.15, -0.1) is 0 Å². The predicted molar refractivity (Wildman–Crippen MR) is 123 cm³/mol. The molecule has 2 aromatic carbocycles. The Hall–Kier alpha value is -3.68. The molecule has 0 radical (unpaired) electrons. The fourth-order valence-electron chi connectivity index (χ4n) is 4.09. The Morgan fingerprint density at radius 3 is 2.00 bits per heavy atom. The Bertz CT molecular complexity index is 1190. The van der Waals surface area contributed by atoms with Crippen molar-refractivity contribution in [3.05, 3.63) is 58.5 Å². The quantitative estimate of drug-likeness (QED) is 0.611. The summed E-state index contributed by atoms with van der Waals surface area (Å²) >= 11 is 0. The molecule has 0 N–H and O–H groups in total. The van der Waals surface area contributed by atoms with Crippen LogP contribution in [0.3, 0.4) is 0 Å². The summed E-state index contributed by atoms with van der Waals surface area (Å²) in [4.78, 5) is 30.3. The van der Waals surface area contributed by atoms with Gasteiger partial charge in [-0.05, 0) is 36.4 Å². The predicted octanol–water partition coefficient (Wildman–Crippen LogP) is 2.53. The summed E-state index contributed by atoms with van der Waals surface area (Å²) in [7, 11) is 6.35. The number of aryl methyl sites for hydroxylation is 1. The van der Waals surface area contributed by atoms with E-state index < -0.39 is 0 Å². The maximum Gasteiger partial charge on any atom is 0.258 e. The third kappa shape index (κ3) is 3.84. The molecule has 8 heteroatoms. The van der Waals surface area contributed by atoms with Gasteiger partial charge in [-0.1, -0.05) is 0 Å². The molecule has 2 heterocycles. The van der Waals surface area contributed by atoms with Gasteiger partial charge < -0.3 is 28.6 Å². The van der Waals surface area contributed by atoms with E-state index in [1.54, 1.807) is 32.5 Å². The second-order valence-corrected chi connectivity index (χ2v) is 7.69. The summed E-state index contributed by atoms with van der Waals surface area (Å²) in [5.41, 5.74) is 1.38. The molecular weight excluding hydrogens is 410 g/mol. The van der Waals surface area contributed by atoms with Gasteiger partial charge in [0.05, 0.1) is 32.3 Å². The molecule has 0 unspecified atom stereocenters. The van der Waals surface area contributed by atoms with Crippen LogP contribution < -0.4 is 24.7 Å². The Morgan fingerprint density at radius 2 is 1.44 bits per heavy atom. The minimum absolute atomic E-state index is 0.104. The lowest BCUT2D eigenvalue weighted by Gasteiger charge is -2.36. The van der Waals surface area contributed by atoms with Crippen molar-refractivity contribution in [1.82, 2.24) is 9.47 Å².